The zero-order valence-corrected chi connectivity index (χ0v) is 26.1. The molecule has 0 saturated carbocycles. The molecule has 3 aliphatic heterocycles. The van der Waals surface area contributed by atoms with Gasteiger partial charge in [0.1, 0.15) is 11.8 Å². The summed E-state index contributed by atoms with van der Waals surface area (Å²) in [5.41, 5.74) is 4.57. The smallest absolute Gasteiger partial charge is 0.241 e. The van der Waals surface area contributed by atoms with Gasteiger partial charge < -0.3 is 33.7 Å². The fraction of sp³-hybridized carbons (Fsp3) is 0.412. The average molecular weight is 603 g/mol. The van der Waals surface area contributed by atoms with E-state index in [1.54, 1.807) is 4.90 Å². The summed E-state index contributed by atoms with van der Waals surface area (Å²) < 4.78 is 29.4. The van der Waals surface area contributed by atoms with E-state index in [0.717, 1.165) is 16.7 Å². The van der Waals surface area contributed by atoms with Crippen LogP contribution in [-0.2, 0) is 22.6 Å². The standard InChI is InChI=1S/C34H38N2O8/c1-17-13-20-14-21-34(39)36-22(16-44-15-19-11-9-8-10-12-19)24-25(31(41-5)18(2)32(42-6)33(24)43-7)28(37)27(36)26(35(21)3)23(20)29(38)30(17)40-4/h8-13,21-22,26-27,38H,14-16H2,1-7H3/t21?,22-,26?,27?/m0/s1. The Hall–Kier alpha value is -4.28. The fourth-order valence-corrected chi connectivity index (χ4v) is 7.49. The number of ether oxygens (including phenoxy) is 5. The molecule has 6 rings (SSSR count). The molecule has 10 heteroatoms. The third-order valence-electron chi connectivity index (χ3n) is 9.36. The van der Waals surface area contributed by atoms with Crippen molar-refractivity contribution in [3.63, 3.8) is 0 Å². The monoisotopic (exact) mass is 602 g/mol. The molecule has 1 saturated heterocycles. The molecule has 0 spiro atoms. The molecule has 2 bridgehead atoms. The number of fused-ring (bicyclic) bond motifs is 7. The molecule has 3 unspecified atom stereocenters. The van der Waals surface area contributed by atoms with E-state index in [2.05, 4.69) is 0 Å². The maximum absolute atomic E-state index is 14.9. The van der Waals surface area contributed by atoms with Crippen molar-refractivity contribution in [1.82, 2.24) is 9.80 Å². The average Bonchev–Trinajstić information content (AvgIpc) is 3.01. The number of Topliss-reactive ketones (excluding diaryl/α,β-unsaturated/α-hetero) is 1. The number of likely N-dealkylation sites (N-methyl/N-ethyl adjacent to an activating group) is 1. The number of aryl methyl sites for hydroxylation is 1. The van der Waals surface area contributed by atoms with E-state index in [9.17, 15) is 14.7 Å². The van der Waals surface area contributed by atoms with Crippen LogP contribution < -0.4 is 18.9 Å². The normalized spacial score (nSPS) is 22.2. The first kappa shape index (κ1) is 29.8. The lowest BCUT2D eigenvalue weighted by molar-refractivity contribution is -0.156. The van der Waals surface area contributed by atoms with Crippen LogP contribution in [0.4, 0.5) is 0 Å². The number of nitrogens with zero attached hydrogens (tertiary/aromatic N) is 2. The number of rotatable bonds is 8. The molecule has 232 valence electrons. The highest BCUT2D eigenvalue weighted by Gasteiger charge is 2.59. The van der Waals surface area contributed by atoms with E-state index in [0.29, 0.717) is 58.3 Å². The molecule has 4 atom stereocenters. The number of hydrogen-bond acceptors (Lipinski definition) is 9. The van der Waals surface area contributed by atoms with Gasteiger partial charge in [0.2, 0.25) is 5.91 Å². The van der Waals surface area contributed by atoms with Crippen LogP contribution in [0.3, 0.4) is 0 Å². The van der Waals surface area contributed by atoms with Gasteiger partial charge in [0.25, 0.3) is 0 Å². The Kier molecular flexibility index (Phi) is 7.67. The van der Waals surface area contributed by atoms with Gasteiger partial charge in [-0.25, -0.2) is 0 Å². The number of benzene rings is 3. The minimum Gasteiger partial charge on any atom is -0.504 e. The van der Waals surface area contributed by atoms with Crippen LogP contribution in [0.25, 0.3) is 0 Å². The van der Waals surface area contributed by atoms with Gasteiger partial charge in [-0.15, -0.1) is 0 Å². The van der Waals surface area contributed by atoms with Gasteiger partial charge in [-0.1, -0.05) is 36.4 Å². The Bertz CT molecular complexity index is 1640. The third-order valence-corrected chi connectivity index (χ3v) is 9.36. The number of carbonyl (C=O) groups excluding carboxylic acids is 2. The lowest BCUT2D eigenvalue weighted by atomic mass is 9.73. The van der Waals surface area contributed by atoms with Crippen molar-refractivity contribution < 1.29 is 38.4 Å². The molecule has 0 radical (unpaired) electrons. The summed E-state index contributed by atoms with van der Waals surface area (Å²) in [4.78, 5) is 33.0. The van der Waals surface area contributed by atoms with E-state index in [4.69, 9.17) is 23.7 Å². The number of piperazine rings is 1. The van der Waals surface area contributed by atoms with Crippen molar-refractivity contribution in [2.24, 2.45) is 0 Å². The van der Waals surface area contributed by atoms with Gasteiger partial charge in [0.15, 0.2) is 28.8 Å². The van der Waals surface area contributed by atoms with E-state index in [1.807, 2.05) is 62.2 Å². The number of phenolic OH excluding ortho intramolecular Hbond substituents is 1. The molecule has 44 heavy (non-hydrogen) atoms. The fourth-order valence-electron chi connectivity index (χ4n) is 7.49. The lowest BCUT2D eigenvalue weighted by Crippen LogP contribution is -2.68. The zero-order valence-electron chi connectivity index (χ0n) is 26.1. The van der Waals surface area contributed by atoms with Gasteiger partial charge in [-0.3, -0.25) is 14.5 Å². The van der Waals surface area contributed by atoms with E-state index >= 15 is 0 Å². The Morgan fingerprint density at radius 2 is 1.52 bits per heavy atom. The SMILES string of the molecule is COc1c(C)cc2c(c1O)C1C3C(=O)c4c(OC)c(C)c(OC)c(OC)c4[C@H](COCc4ccccc4)N3C(=O)C(C2)N1C. The molecule has 1 fully saturated rings. The summed E-state index contributed by atoms with van der Waals surface area (Å²) in [6.45, 7) is 4.06. The first-order valence-electron chi connectivity index (χ1n) is 14.6. The number of ketones is 1. The van der Waals surface area contributed by atoms with Crippen molar-refractivity contribution >= 4 is 11.7 Å². The Morgan fingerprint density at radius 1 is 0.864 bits per heavy atom. The maximum Gasteiger partial charge on any atom is 0.241 e. The van der Waals surface area contributed by atoms with E-state index < -0.39 is 24.2 Å². The van der Waals surface area contributed by atoms with Crippen molar-refractivity contribution in [2.45, 2.75) is 51.0 Å². The van der Waals surface area contributed by atoms with E-state index in [1.165, 1.54) is 28.4 Å². The topological polar surface area (TPSA) is 107 Å². The molecule has 0 aromatic heterocycles. The van der Waals surface area contributed by atoms with Crippen molar-refractivity contribution in [2.75, 3.05) is 42.1 Å². The zero-order chi connectivity index (χ0) is 31.4. The van der Waals surface area contributed by atoms with Crippen LogP contribution in [0.5, 0.6) is 28.7 Å². The Labute approximate surface area is 257 Å². The number of amides is 1. The van der Waals surface area contributed by atoms with Crippen molar-refractivity contribution in [3.8, 4) is 28.7 Å². The lowest BCUT2D eigenvalue weighted by Gasteiger charge is -2.56. The second-order valence-electron chi connectivity index (χ2n) is 11.6. The van der Waals surface area contributed by atoms with E-state index in [-0.39, 0.29) is 24.0 Å². The van der Waals surface area contributed by atoms with Gasteiger partial charge >= 0.3 is 0 Å². The highest BCUT2D eigenvalue weighted by atomic mass is 16.5. The summed E-state index contributed by atoms with van der Waals surface area (Å²) in [7, 11) is 7.91. The first-order valence-corrected chi connectivity index (χ1v) is 14.6. The predicted molar refractivity (Wildman–Crippen MR) is 162 cm³/mol. The summed E-state index contributed by atoms with van der Waals surface area (Å²) in [6.07, 6.45) is 0.374. The van der Waals surface area contributed by atoms with Gasteiger partial charge in [0.05, 0.1) is 65.3 Å². The first-order chi connectivity index (χ1) is 21.2. The molecule has 0 aliphatic carbocycles. The summed E-state index contributed by atoms with van der Waals surface area (Å²) >= 11 is 0. The Morgan fingerprint density at radius 3 is 2.16 bits per heavy atom. The van der Waals surface area contributed by atoms with Gasteiger partial charge in [-0.05, 0) is 44.0 Å². The largest absolute Gasteiger partial charge is 0.504 e. The van der Waals surface area contributed by atoms with Gasteiger partial charge in [-0.2, -0.15) is 0 Å². The molecule has 3 heterocycles. The number of carbonyl (C=O) groups is 2. The minimum atomic E-state index is -0.981. The Balaban J connectivity index is 1.59. The van der Waals surface area contributed by atoms with Crippen molar-refractivity contribution in [3.05, 3.63) is 75.3 Å². The maximum atomic E-state index is 14.9. The van der Waals surface area contributed by atoms with Crippen LogP contribution >= 0.6 is 0 Å². The quantitative estimate of drug-likeness (QED) is 0.404. The van der Waals surface area contributed by atoms with Crippen LogP contribution in [0.1, 0.15) is 55.8 Å². The highest BCUT2D eigenvalue weighted by Crippen LogP contribution is 2.56. The molecule has 10 nitrogen and oxygen atoms in total. The molecular weight excluding hydrogens is 564 g/mol. The minimum absolute atomic E-state index is 0.0157. The third kappa shape index (κ3) is 4.22. The second-order valence-corrected chi connectivity index (χ2v) is 11.6. The number of phenols is 1. The second kappa shape index (κ2) is 11.3. The van der Waals surface area contributed by atoms with Crippen LogP contribution in [0.2, 0.25) is 0 Å². The molecule has 1 N–H and O–H groups in total. The highest BCUT2D eigenvalue weighted by molar-refractivity contribution is 6.10. The number of aromatic hydroxyl groups is 1. The summed E-state index contributed by atoms with van der Waals surface area (Å²) in [5.74, 6) is 0.972. The predicted octanol–water partition coefficient (Wildman–Crippen LogP) is 4.31. The molecule has 3 aliphatic rings. The molecule has 1 amide bonds. The summed E-state index contributed by atoms with van der Waals surface area (Å²) in [5, 5.41) is 11.6. The van der Waals surface area contributed by atoms with Crippen LogP contribution in [0.15, 0.2) is 36.4 Å². The molecular formula is C34H38N2O8. The van der Waals surface area contributed by atoms with Crippen molar-refractivity contribution in [1.29, 1.82) is 0 Å². The molecule has 3 aromatic carbocycles. The molecule has 3 aromatic rings. The number of hydrogen-bond donors (Lipinski definition) is 1. The van der Waals surface area contributed by atoms with Gasteiger partial charge in [0, 0.05) is 16.7 Å². The number of methoxy groups -OCH3 is 4. The van der Waals surface area contributed by atoms with Crippen LogP contribution in [-0.4, -0.2) is 80.8 Å². The van der Waals surface area contributed by atoms with Crippen LogP contribution in [0, 0.1) is 13.8 Å². The summed E-state index contributed by atoms with van der Waals surface area (Å²) in [6, 6.07) is 8.82.